The first-order valence-corrected chi connectivity index (χ1v) is 8.35. The van der Waals surface area contributed by atoms with Gasteiger partial charge in [-0.05, 0) is 12.1 Å². The van der Waals surface area contributed by atoms with Crippen LogP contribution in [0.1, 0.15) is 16.1 Å². The lowest BCUT2D eigenvalue weighted by Crippen LogP contribution is -2.40. The summed E-state index contributed by atoms with van der Waals surface area (Å²) in [5.41, 5.74) is 4.72. The van der Waals surface area contributed by atoms with Crippen molar-refractivity contribution in [3.8, 4) is 0 Å². The molecule has 2 aromatic heterocycles. The van der Waals surface area contributed by atoms with E-state index in [0.717, 1.165) is 6.07 Å². The number of amides is 2. The number of carbonyl (C=O) groups is 2. The maximum Gasteiger partial charge on any atom is 0.270 e. The highest BCUT2D eigenvalue weighted by Gasteiger charge is 2.12. The number of imidazole rings is 1. The molecule has 3 rings (SSSR count). The molecule has 11 heteroatoms. The molecule has 0 aliphatic rings. The Kier molecular flexibility index (Phi) is 4.96. The van der Waals surface area contributed by atoms with E-state index in [1.807, 2.05) is 5.38 Å². The van der Waals surface area contributed by atoms with E-state index in [0.29, 0.717) is 10.7 Å². The molecule has 0 radical (unpaired) electrons. The minimum absolute atomic E-state index is 0.0438. The van der Waals surface area contributed by atoms with Gasteiger partial charge in [0.15, 0.2) is 10.1 Å². The van der Waals surface area contributed by atoms with Gasteiger partial charge in [-0.2, -0.15) is 0 Å². The van der Waals surface area contributed by atoms with E-state index >= 15 is 0 Å². The third kappa shape index (κ3) is 3.71. The average Bonchev–Trinajstić information content (AvgIpc) is 3.18. The number of nitrogens with one attached hydrogen (secondary N) is 2. The number of fused-ring (bicyclic) bond motifs is 1. The molecular weight excluding hydrogens is 382 g/mol. The second kappa shape index (κ2) is 7.33. The zero-order valence-corrected chi connectivity index (χ0v) is 14.5. The fourth-order valence-corrected chi connectivity index (χ4v) is 3.08. The molecule has 0 fully saturated rings. The van der Waals surface area contributed by atoms with Crippen LogP contribution in [0.5, 0.6) is 0 Å². The number of nitro benzene ring substituents is 1. The summed E-state index contributed by atoms with van der Waals surface area (Å²) in [5, 5.41) is 12.8. The van der Waals surface area contributed by atoms with Gasteiger partial charge >= 0.3 is 0 Å². The Morgan fingerprint density at radius 3 is 2.92 bits per heavy atom. The summed E-state index contributed by atoms with van der Waals surface area (Å²) >= 11 is 7.41. The van der Waals surface area contributed by atoms with Gasteiger partial charge in [-0.25, -0.2) is 4.98 Å². The lowest BCUT2D eigenvalue weighted by Gasteiger charge is -2.05. The molecule has 26 heavy (non-hydrogen) atoms. The van der Waals surface area contributed by atoms with Crippen molar-refractivity contribution in [1.82, 2.24) is 20.2 Å². The Bertz CT molecular complexity index is 1040. The van der Waals surface area contributed by atoms with E-state index in [4.69, 9.17) is 11.6 Å². The predicted octanol–water partition coefficient (Wildman–Crippen LogP) is 2.43. The SMILES string of the molecule is O=C(/C=C/c1c(Cl)nc2sccn12)NNC(=O)c1cccc([N+](=O)[O-])c1. The minimum atomic E-state index is -0.682. The van der Waals surface area contributed by atoms with Crippen LogP contribution in [-0.2, 0) is 4.79 Å². The second-order valence-corrected chi connectivity index (χ2v) is 6.16. The molecule has 0 unspecified atom stereocenters. The lowest BCUT2D eigenvalue weighted by atomic mass is 10.2. The van der Waals surface area contributed by atoms with E-state index in [-0.39, 0.29) is 16.4 Å². The van der Waals surface area contributed by atoms with Gasteiger partial charge in [-0.3, -0.25) is 35.0 Å². The van der Waals surface area contributed by atoms with Crippen molar-refractivity contribution in [2.75, 3.05) is 0 Å². The Morgan fingerprint density at radius 2 is 2.15 bits per heavy atom. The van der Waals surface area contributed by atoms with Gasteiger partial charge in [0.25, 0.3) is 17.5 Å². The number of hydrogen-bond donors (Lipinski definition) is 2. The van der Waals surface area contributed by atoms with Crippen LogP contribution in [0.25, 0.3) is 11.0 Å². The van der Waals surface area contributed by atoms with Gasteiger partial charge in [-0.15, -0.1) is 11.3 Å². The summed E-state index contributed by atoms with van der Waals surface area (Å²) in [6, 6.07) is 5.14. The fraction of sp³-hybridized carbons (Fsp3) is 0. The third-order valence-corrected chi connectivity index (χ3v) is 4.30. The quantitative estimate of drug-likeness (QED) is 0.402. The molecule has 2 N–H and O–H groups in total. The van der Waals surface area contributed by atoms with Crippen LogP contribution in [0.2, 0.25) is 5.15 Å². The molecule has 1 aromatic carbocycles. The number of rotatable bonds is 4. The first-order chi connectivity index (χ1) is 12.5. The Morgan fingerprint density at radius 1 is 1.35 bits per heavy atom. The first-order valence-electron chi connectivity index (χ1n) is 7.09. The van der Waals surface area contributed by atoms with Gasteiger partial charge < -0.3 is 0 Å². The summed E-state index contributed by atoms with van der Waals surface area (Å²) in [6.07, 6.45) is 4.41. The van der Waals surface area contributed by atoms with Crippen molar-refractivity contribution in [2.24, 2.45) is 0 Å². The molecule has 132 valence electrons. The van der Waals surface area contributed by atoms with Crippen LogP contribution in [0.15, 0.2) is 41.9 Å². The van der Waals surface area contributed by atoms with Crippen molar-refractivity contribution in [1.29, 1.82) is 0 Å². The molecule has 3 aromatic rings. The summed E-state index contributed by atoms with van der Waals surface area (Å²) < 4.78 is 1.72. The number of hydrogen-bond acceptors (Lipinski definition) is 6. The molecule has 9 nitrogen and oxygen atoms in total. The van der Waals surface area contributed by atoms with Crippen molar-refractivity contribution in [3.63, 3.8) is 0 Å². The molecule has 0 aliphatic heterocycles. The highest BCUT2D eigenvalue weighted by molar-refractivity contribution is 7.15. The van der Waals surface area contributed by atoms with E-state index in [9.17, 15) is 19.7 Å². The largest absolute Gasteiger partial charge is 0.289 e. The van der Waals surface area contributed by atoms with Gasteiger partial charge in [0.1, 0.15) is 0 Å². The molecule has 0 saturated heterocycles. The number of nitro groups is 1. The van der Waals surface area contributed by atoms with Gasteiger partial charge in [0.05, 0.1) is 10.6 Å². The summed E-state index contributed by atoms with van der Waals surface area (Å²) in [5.74, 6) is -1.29. The molecule has 0 aliphatic carbocycles. The highest BCUT2D eigenvalue weighted by Crippen LogP contribution is 2.22. The maximum absolute atomic E-state index is 11.9. The Balaban J connectivity index is 1.63. The number of hydrazine groups is 1. The highest BCUT2D eigenvalue weighted by atomic mass is 35.5. The van der Waals surface area contributed by atoms with Crippen molar-refractivity contribution < 1.29 is 14.5 Å². The van der Waals surface area contributed by atoms with Gasteiger partial charge in [0, 0.05) is 35.3 Å². The predicted molar refractivity (Wildman–Crippen MR) is 95.8 cm³/mol. The molecule has 0 atom stereocenters. The van der Waals surface area contributed by atoms with Crippen LogP contribution in [0.4, 0.5) is 5.69 Å². The van der Waals surface area contributed by atoms with Gasteiger partial charge in [-0.1, -0.05) is 17.7 Å². The topological polar surface area (TPSA) is 119 Å². The number of non-ortho nitro benzene ring substituents is 1. The zero-order chi connectivity index (χ0) is 18.7. The molecule has 0 spiro atoms. The normalized spacial score (nSPS) is 11.0. The summed E-state index contributed by atoms with van der Waals surface area (Å²) in [7, 11) is 0. The van der Waals surface area contributed by atoms with Crippen LogP contribution in [-0.4, -0.2) is 26.1 Å². The molecular formula is C15H10ClN5O4S. The van der Waals surface area contributed by atoms with E-state index in [2.05, 4.69) is 15.8 Å². The summed E-state index contributed by atoms with van der Waals surface area (Å²) in [6.45, 7) is 0. The number of aromatic nitrogens is 2. The van der Waals surface area contributed by atoms with Gasteiger partial charge in [0.2, 0.25) is 0 Å². The molecule has 0 bridgehead atoms. The lowest BCUT2D eigenvalue weighted by molar-refractivity contribution is -0.384. The average molecular weight is 392 g/mol. The maximum atomic E-state index is 11.9. The minimum Gasteiger partial charge on any atom is -0.289 e. The molecule has 0 saturated carbocycles. The number of halogens is 1. The molecule has 2 amide bonds. The standard InChI is InChI=1S/C15H10ClN5O4S/c16-13-11(20-6-7-26-15(20)17-13)4-5-12(22)18-19-14(23)9-2-1-3-10(8-9)21(24)25/h1-8H,(H,18,22)(H,19,23)/b5-4+. The fourth-order valence-electron chi connectivity index (χ4n) is 2.07. The van der Waals surface area contributed by atoms with Crippen LogP contribution in [0.3, 0.4) is 0 Å². The number of carbonyl (C=O) groups excluding carboxylic acids is 2. The van der Waals surface area contributed by atoms with Crippen LogP contribution < -0.4 is 10.9 Å². The summed E-state index contributed by atoms with van der Waals surface area (Å²) in [4.78, 5) is 38.7. The Labute approximate surface area is 155 Å². The third-order valence-electron chi connectivity index (χ3n) is 3.27. The van der Waals surface area contributed by atoms with Crippen LogP contribution in [0, 0.1) is 10.1 Å². The number of benzene rings is 1. The van der Waals surface area contributed by atoms with Crippen molar-refractivity contribution >= 4 is 51.5 Å². The van der Waals surface area contributed by atoms with E-state index in [1.165, 1.54) is 41.7 Å². The van der Waals surface area contributed by atoms with Crippen molar-refractivity contribution in [3.05, 3.63) is 68.4 Å². The Hall–Kier alpha value is -3.24. The number of nitrogens with zero attached hydrogens (tertiary/aromatic N) is 3. The smallest absolute Gasteiger partial charge is 0.270 e. The first kappa shape index (κ1) is 17.6. The van der Waals surface area contributed by atoms with E-state index in [1.54, 1.807) is 10.6 Å². The zero-order valence-electron chi connectivity index (χ0n) is 12.9. The number of thiazole rings is 1. The monoisotopic (exact) mass is 391 g/mol. The van der Waals surface area contributed by atoms with E-state index < -0.39 is 16.7 Å². The molecule has 2 heterocycles. The second-order valence-electron chi connectivity index (χ2n) is 4.93. The van der Waals surface area contributed by atoms with Crippen molar-refractivity contribution in [2.45, 2.75) is 0 Å². The van der Waals surface area contributed by atoms with Crippen LogP contribution >= 0.6 is 22.9 Å².